The number of hydrogen-bond acceptors (Lipinski definition) is 3. The van der Waals surface area contributed by atoms with E-state index >= 15 is 0 Å². The third-order valence-corrected chi connectivity index (χ3v) is 5.57. The Kier molecular flexibility index (Phi) is 5.30. The van der Waals surface area contributed by atoms with Gasteiger partial charge in [0.25, 0.3) is 0 Å². The lowest BCUT2D eigenvalue weighted by Crippen LogP contribution is -2.27. The second kappa shape index (κ2) is 8.18. The van der Waals surface area contributed by atoms with Crippen LogP contribution < -0.4 is 5.32 Å². The standard InChI is InChI=1S/C22H21N3OS/c26-21(13-17-14-24-20-9-5-4-8-19(17)20)23-11-10-22-25-15-18(27-22)12-16-6-2-1-3-7-16/h1-9,14-15,24H,10-13H2,(H,23,26). The van der Waals surface area contributed by atoms with Gasteiger partial charge in [-0.05, 0) is 17.2 Å². The maximum atomic E-state index is 12.2. The summed E-state index contributed by atoms with van der Waals surface area (Å²) in [5.41, 5.74) is 3.39. The van der Waals surface area contributed by atoms with Crippen LogP contribution in [0.25, 0.3) is 10.9 Å². The molecule has 0 aliphatic rings. The molecule has 2 aromatic carbocycles. The summed E-state index contributed by atoms with van der Waals surface area (Å²) in [6.45, 7) is 0.611. The summed E-state index contributed by atoms with van der Waals surface area (Å²) in [4.78, 5) is 21.2. The molecule has 27 heavy (non-hydrogen) atoms. The summed E-state index contributed by atoms with van der Waals surface area (Å²) >= 11 is 1.72. The number of benzene rings is 2. The van der Waals surface area contributed by atoms with Crippen LogP contribution in [0.15, 0.2) is 67.0 Å². The first-order valence-corrected chi connectivity index (χ1v) is 9.89. The third kappa shape index (κ3) is 4.44. The monoisotopic (exact) mass is 375 g/mol. The topological polar surface area (TPSA) is 57.8 Å². The quantitative estimate of drug-likeness (QED) is 0.511. The third-order valence-electron chi connectivity index (χ3n) is 4.51. The summed E-state index contributed by atoms with van der Waals surface area (Å²) in [6.07, 6.45) is 5.92. The van der Waals surface area contributed by atoms with E-state index in [1.54, 1.807) is 11.3 Å². The molecule has 0 radical (unpaired) electrons. The van der Waals surface area contributed by atoms with Crippen molar-refractivity contribution in [3.05, 3.63) is 88.0 Å². The van der Waals surface area contributed by atoms with E-state index in [9.17, 15) is 4.79 Å². The van der Waals surface area contributed by atoms with Crippen LogP contribution in [0.2, 0.25) is 0 Å². The van der Waals surface area contributed by atoms with Gasteiger partial charge in [-0.15, -0.1) is 11.3 Å². The van der Waals surface area contributed by atoms with E-state index in [0.29, 0.717) is 13.0 Å². The Morgan fingerprint density at radius 1 is 1.07 bits per heavy atom. The van der Waals surface area contributed by atoms with Crippen LogP contribution in [-0.4, -0.2) is 22.4 Å². The number of amides is 1. The van der Waals surface area contributed by atoms with Crippen LogP contribution in [-0.2, 0) is 24.1 Å². The number of carbonyl (C=O) groups is 1. The van der Waals surface area contributed by atoms with Crippen molar-refractivity contribution in [2.75, 3.05) is 6.54 Å². The zero-order chi connectivity index (χ0) is 18.5. The number of nitrogens with zero attached hydrogens (tertiary/aromatic N) is 1. The second-order valence-corrected chi connectivity index (χ2v) is 7.72. The van der Waals surface area contributed by atoms with Crippen LogP contribution in [0.4, 0.5) is 0 Å². The fraction of sp³-hybridized carbons (Fsp3) is 0.182. The molecular formula is C22H21N3OS. The lowest BCUT2D eigenvalue weighted by molar-refractivity contribution is -0.120. The summed E-state index contributed by atoms with van der Waals surface area (Å²) < 4.78 is 0. The molecule has 1 amide bonds. The predicted octanol–water partition coefficient (Wildman–Crippen LogP) is 4.12. The average Bonchev–Trinajstić information content (AvgIpc) is 3.30. The molecule has 2 heterocycles. The largest absolute Gasteiger partial charge is 0.361 e. The molecule has 4 aromatic rings. The van der Waals surface area contributed by atoms with Crippen LogP contribution in [0.1, 0.15) is 21.0 Å². The second-order valence-electron chi connectivity index (χ2n) is 6.52. The number of aromatic amines is 1. The van der Waals surface area contributed by atoms with Crippen molar-refractivity contribution < 1.29 is 4.79 Å². The van der Waals surface area contributed by atoms with Gasteiger partial charge in [-0.3, -0.25) is 4.79 Å². The first-order chi connectivity index (χ1) is 13.3. The van der Waals surface area contributed by atoms with Crippen LogP contribution >= 0.6 is 11.3 Å². The fourth-order valence-corrected chi connectivity index (χ4v) is 4.12. The molecule has 0 unspecified atom stereocenters. The van der Waals surface area contributed by atoms with Crippen molar-refractivity contribution in [3.8, 4) is 0 Å². The Morgan fingerprint density at radius 3 is 2.78 bits per heavy atom. The van der Waals surface area contributed by atoms with E-state index in [2.05, 4.69) is 39.6 Å². The van der Waals surface area contributed by atoms with Gasteiger partial charge >= 0.3 is 0 Å². The average molecular weight is 375 g/mol. The molecule has 4 rings (SSSR count). The number of H-pyrrole nitrogens is 1. The van der Waals surface area contributed by atoms with Gasteiger partial charge in [0.15, 0.2) is 0 Å². The molecule has 2 aromatic heterocycles. The fourth-order valence-electron chi connectivity index (χ4n) is 3.16. The zero-order valence-electron chi connectivity index (χ0n) is 14.9. The Hall–Kier alpha value is -2.92. The molecule has 0 fully saturated rings. The highest BCUT2D eigenvalue weighted by molar-refractivity contribution is 7.11. The van der Waals surface area contributed by atoms with Crippen LogP contribution in [0.3, 0.4) is 0 Å². The number of carbonyl (C=O) groups excluding carboxylic acids is 1. The molecule has 0 atom stereocenters. The van der Waals surface area contributed by atoms with Crippen molar-refractivity contribution in [1.82, 2.24) is 15.3 Å². The van der Waals surface area contributed by atoms with Crippen LogP contribution in [0.5, 0.6) is 0 Å². The van der Waals surface area contributed by atoms with Gasteiger partial charge in [-0.25, -0.2) is 4.98 Å². The lowest BCUT2D eigenvalue weighted by atomic mass is 10.1. The molecule has 0 aliphatic carbocycles. The first-order valence-electron chi connectivity index (χ1n) is 9.07. The van der Waals surface area contributed by atoms with Crippen molar-refractivity contribution in [2.45, 2.75) is 19.3 Å². The van der Waals surface area contributed by atoms with Crippen molar-refractivity contribution in [1.29, 1.82) is 0 Å². The molecule has 0 bridgehead atoms. The van der Waals surface area contributed by atoms with Gasteiger partial charge in [0.1, 0.15) is 0 Å². The molecule has 0 saturated heterocycles. The number of hydrogen-bond donors (Lipinski definition) is 2. The zero-order valence-corrected chi connectivity index (χ0v) is 15.8. The number of fused-ring (bicyclic) bond motifs is 1. The van der Waals surface area contributed by atoms with E-state index in [-0.39, 0.29) is 5.91 Å². The Bertz CT molecular complexity index is 1040. The summed E-state index contributed by atoms with van der Waals surface area (Å²) in [6, 6.07) is 18.4. The number of para-hydroxylation sites is 1. The van der Waals surface area contributed by atoms with Gasteiger partial charge < -0.3 is 10.3 Å². The maximum absolute atomic E-state index is 12.2. The molecule has 4 nitrogen and oxygen atoms in total. The van der Waals surface area contributed by atoms with E-state index < -0.39 is 0 Å². The minimum absolute atomic E-state index is 0.0424. The molecule has 0 spiro atoms. The van der Waals surface area contributed by atoms with Crippen LogP contribution in [0, 0.1) is 0 Å². The smallest absolute Gasteiger partial charge is 0.224 e. The van der Waals surface area contributed by atoms with Crippen molar-refractivity contribution in [3.63, 3.8) is 0 Å². The van der Waals surface area contributed by atoms with E-state index in [0.717, 1.165) is 34.3 Å². The summed E-state index contributed by atoms with van der Waals surface area (Å²) in [7, 11) is 0. The molecule has 5 heteroatoms. The highest BCUT2D eigenvalue weighted by Gasteiger charge is 2.09. The van der Waals surface area contributed by atoms with Gasteiger partial charge in [0, 0.05) is 47.6 Å². The first kappa shape index (κ1) is 17.5. The Labute approximate surface area is 162 Å². The van der Waals surface area contributed by atoms with Crippen molar-refractivity contribution >= 4 is 28.1 Å². The lowest BCUT2D eigenvalue weighted by Gasteiger charge is -2.03. The molecule has 0 saturated carbocycles. The molecule has 0 aliphatic heterocycles. The van der Waals surface area contributed by atoms with Gasteiger partial charge in [0.2, 0.25) is 5.91 Å². The molecule has 136 valence electrons. The number of aromatic nitrogens is 2. The number of nitrogens with one attached hydrogen (secondary N) is 2. The van der Waals surface area contributed by atoms with Crippen molar-refractivity contribution in [2.24, 2.45) is 0 Å². The number of rotatable bonds is 7. The van der Waals surface area contributed by atoms with Gasteiger partial charge in [-0.1, -0.05) is 48.5 Å². The minimum Gasteiger partial charge on any atom is -0.361 e. The Balaban J connectivity index is 1.26. The van der Waals surface area contributed by atoms with Gasteiger partial charge in [0.05, 0.1) is 11.4 Å². The highest BCUT2D eigenvalue weighted by Crippen LogP contribution is 2.19. The van der Waals surface area contributed by atoms with Gasteiger partial charge in [-0.2, -0.15) is 0 Å². The molecule has 2 N–H and O–H groups in total. The molecular weight excluding hydrogens is 354 g/mol. The Morgan fingerprint density at radius 2 is 1.89 bits per heavy atom. The highest BCUT2D eigenvalue weighted by atomic mass is 32.1. The predicted molar refractivity (Wildman–Crippen MR) is 110 cm³/mol. The summed E-state index contributed by atoms with van der Waals surface area (Å²) in [5.74, 6) is 0.0424. The van der Waals surface area contributed by atoms with E-state index in [1.165, 1.54) is 10.4 Å². The summed E-state index contributed by atoms with van der Waals surface area (Å²) in [5, 5.41) is 5.18. The number of thiazole rings is 1. The minimum atomic E-state index is 0.0424. The normalized spacial score (nSPS) is 11.0. The van der Waals surface area contributed by atoms with E-state index in [4.69, 9.17) is 0 Å². The SMILES string of the molecule is O=C(Cc1c[nH]c2ccccc12)NCCc1ncc(Cc2ccccc2)s1. The van der Waals surface area contributed by atoms with E-state index in [1.807, 2.05) is 42.7 Å². The maximum Gasteiger partial charge on any atom is 0.224 e.